The summed E-state index contributed by atoms with van der Waals surface area (Å²) in [5.74, 6) is -2.09. The van der Waals surface area contributed by atoms with E-state index in [1.54, 1.807) is 31.2 Å². The number of halogens is 1. The molecule has 8 heteroatoms. The van der Waals surface area contributed by atoms with Crippen LogP contribution in [0.4, 0.5) is 4.39 Å². The van der Waals surface area contributed by atoms with Gasteiger partial charge in [0.15, 0.2) is 0 Å². The van der Waals surface area contributed by atoms with Gasteiger partial charge in [-0.15, -0.1) is 0 Å². The predicted molar refractivity (Wildman–Crippen MR) is 94.9 cm³/mol. The van der Waals surface area contributed by atoms with Crippen LogP contribution in [0, 0.1) is 11.7 Å². The minimum atomic E-state index is -3.92. The normalized spacial score (nSPS) is 16.1. The Labute approximate surface area is 156 Å². The van der Waals surface area contributed by atoms with Gasteiger partial charge in [-0.2, -0.15) is 0 Å². The second-order valence-corrected chi connectivity index (χ2v) is 8.11. The largest absolute Gasteiger partial charge is 0.464 e. The first-order valence-electron chi connectivity index (χ1n) is 8.38. The summed E-state index contributed by atoms with van der Waals surface area (Å²) in [5.41, 5.74) is 0.774. The highest BCUT2D eigenvalue weighted by Crippen LogP contribution is 2.29. The van der Waals surface area contributed by atoms with Crippen molar-refractivity contribution in [2.24, 2.45) is 5.92 Å². The molecular formula is C19H18FNO5S. The zero-order valence-electron chi connectivity index (χ0n) is 14.6. The highest BCUT2D eigenvalue weighted by Gasteiger charge is 2.40. The third kappa shape index (κ3) is 3.85. The number of rotatable bonds is 6. The molecule has 27 heavy (non-hydrogen) atoms. The molecule has 0 saturated heterocycles. The first kappa shape index (κ1) is 19.0. The van der Waals surface area contributed by atoms with Crippen molar-refractivity contribution in [2.75, 3.05) is 13.2 Å². The van der Waals surface area contributed by atoms with Crippen LogP contribution in [-0.4, -0.2) is 37.8 Å². The van der Waals surface area contributed by atoms with E-state index in [9.17, 15) is 22.4 Å². The van der Waals surface area contributed by atoms with Crippen LogP contribution in [0.15, 0.2) is 53.4 Å². The number of hydrogen-bond acceptors (Lipinski definition) is 5. The fraction of sp³-hybridized carbons (Fsp3) is 0.263. The second-order valence-electron chi connectivity index (χ2n) is 6.28. The molecule has 0 bridgehead atoms. The maximum Gasteiger partial charge on any atom is 0.309 e. The molecule has 0 fully saturated rings. The van der Waals surface area contributed by atoms with Crippen LogP contribution in [0.3, 0.4) is 0 Å². The molecule has 142 valence electrons. The number of benzene rings is 2. The van der Waals surface area contributed by atoms with E-state index in [1.165, 1.54) is 24.3 Å². The molecule has 2 aromatic rings. The molecule has 1 aliphatic heterocycles. The number of fused-ring (bicyclic) bond motifs is 1. The lowest BCUT2D eigenvalue weighted by atomic mass is 10.0. The van der Waals surface area contributed by atoms with E-state index >= 15 is 0 Å². The van der Waals surface area contributed by atoms with Gasteiger partial charge in [0.1, 0.15) is 17.3 Å². The average Bonchev–Trinajstić information content (AvgIpc) is 2.82. The van der Waals surface area contributed by atoms with Crippen molar-refractivity contribution < 1.29 is 27.1 Å². The average molecular weight is 391 g/mol. The predicted octanol–water partition coefficient (Wildman–Crippen LogP) is 2.39. The molecule has 2 aromatic carbocycles. The molecule has 1 unspecified atom stereocenters. The van der Waals surface area contributed by atoms with Gasteiger partial charge in [-0.25, -0.2) is 17.1 Å². The van der Waals surface area contributed by atoms with Gasteiger partial charge < -0.3 is 4.74 Å². The van der Waals surface area contributed by atoms with Crippen LogP contribution < -0.4 is 0 Å². The number of ether oxygens (including phenoxy) is 1. The Morgan fingerprint density at radius 1 is 1.19 bits per heavy atom. The van der Waals surface area contributed by atoms with Crippen LogP contribution in [0.5, 0.6) is 0 Å². The molecule has 0 N–H and O–H groups in total. The van der Waals surface area contributed by atoms with E-state index in [4.69, 9.17) is 4.74 Å². The highest BCUT2D eigenvalue weighted by molar-refractivity contribution is 7.90. The number of carbonyl (C=O) groups is 2. The van der Waals surface area contributed by atoms with E-state index in [0.717, 1.165) is 0 Å². The lowest BCUT2D eigenvalue weighted by Crippen LogP contribution is -2.34. The first-order valence-corrected chi connectivity index (χ1v) is 9.82. The van der Waals surface area contributed by atoms with E-state index in [1.807, 2.05) is 0 Å². The SMILES string of the molecule is CC(Cc1cccc(F)c1)C(=O)OCCN1C(=O)c2ccccc2S1(=O)=O. The highest BCUT2D eigenvalue weighted by atomic mass is 32.2. The smallest absolute Gasteiger partial charge is 0.309 e. The molecular weight excluding hydrogens is 373 g/mol. The molecule has 1 atom stereocenters. The summed E-state index contributed by atoms with van der Waals surface area (Å²) in [4.78, 5) is 24.3. The topological polar surface area (TPSA) is 80.8 Å². The maximum atomic E-state index is 13.2. The van der Waals surface area contributed by atoms with Gasteiger partial charge in [-0.1, -0.05) is 31.2 Å². The molecule has 6 nitrogen and oxygen atoms in total. The molecule has 1 heterocycles. The standard InChI is InChI=1S/C19H18FNO5S/c1-13(11-14-5-4-6-15(20)12-14)19(23)26-10-9-21-18(22)16-7-2-3-8-17(16)27(21,24)25/h2-8,12-13H,9-11H2,1H3. The zero-order chi connectivity index (χ0) is 19.6. The Morgan fingerprint density at radius 2 is 1.93 bits per heavy atom. The van der Waals surface area contributed by atoms with Crippen LogP contribution in [0.25, 0.3) is 0 Å². The molecule has 0 radical (unpaired) electrons. The van der Waals surface area contributed by atoms with Gasteiger partial charge in [-0.3, -0.25) is 9.59 Å². The van der Waals surface area contributed by atoms with E-state index in [-0.39, 0.29) is 29.4 Å². The van der Waals surface area contributed by atoms with Crippen molar-refractivity contribution in [2.45, 2.75) is 18.2 Å². The van der Waals surface area contributed by atoms with Crippen molar-refractivity contribution in [3.05, 3.63) is 65.5 Å². The summed E-state index contributed by atoms with van der Waals surface area (Å²) < 4.78 is 43.8. The summed E-state index contributed by atoms with van der Waals surface area (Å²) >= 11 is 0. The number of nitrogens with zero attached hydrogens (tertiary/aromatic N) is 1. The number of sulfonamides is 1. The molecule has 1 aliphatic rings. The van der Waals surface area contributed by atoms with Crippen molar-refractivity contribution >= 4 is 21.9 Å². The van der Waals surface area contributed by atoms with Crippen LogP contribution >= 0.6 is 0 Å². The van der Waals surface area contributed by atoms with E-state index in [2.05, 4.69) is 0 Å². The minimum absolute atomic E-state index is 0.0409. The maximum absolute atomic E-state index is 13.2. The molecule has 0 aromatic heterocycles. The monoisotopic (exact) mass is 391 g/mol. The summed E-state index contributed by atoms with van der Waals surface area (Å²) in [6.45, 7) is 1.14. The summed E-state index contributed by atoms with van der Waals surface area (Å²) in [5, 5.41) is 0. The Morgan fingerprint density at radius 3 is 2.63 bits per heavy atom. The lowest BCUT2D eigenvalue weighted by molar-refractivity contribution is -0.148. The van der Waals surface area contributed by atoms with Crippen LogP contribution in [0.2, 0.25) is 0 Å². The van der Waals surface area contributed by atoms with E-state index in [0.29, 0.717) is 16.3 Å². The van der Waals surface area contributed by atoms with Crippen LogP contribution in [-0.2, 0) is 26.0 Å². The fourth-order valence-corrected chi connectivity index (χ4v) is 4.48. The Hall–Kier alpha value is -2.74. The second kappa shape index (κ2) is 7.48. The van der Waals surface area contributed by atoms with Gasteiger partial charge in [0.25, 0.3) is 15.9 Å². The summed E-state index contributed by atoms with van der Waals surface area (Å²) in [6.07, 6.45) is 0.295. The summed E-state index contributed by atoms with van der Waals surface area (Å²) in [7, 11) is -3.92. The Bertz CT molecular complexity index is 989. The number of amides is 1. The number of esters is 1. The van der Waals surface area contributed by atoms with Crippen molar-refractivity contribution in [3.8, 4) is 0 Å². The van der Waals surface area contributed by atoms with Gasteiger partial charge >= 0.3 is 5.97 Å². The quantitative estimate of drug-likeness (QED) is 0.707. The summed E-state index contributed by atoms with van der Waals surface area (Å²) in [6, 6.07) is 11.9. The van der Waals surface area contributed by atoms with Crippen molar-refractivity contribution in [1.29, 1.82) is 0 Å². The number of carbonyl (C=O) groups excluding carboxylic acids is 2. The lowest BCUT2D eigenvalue weighted by Gasteiger charge is -2.16. The third-order valence-electron chi connectivity index (χ3n) is 4.28. The van der Waals surface area contributed by atoms with Gasteiger partial charge in [0, 0.05) is 0 Å². The van der Waals surface area contributed by atoms with Crippen molar-refractivity contribution in [1.82, 2.24) is 4.31 Å². The minimum Gasteiger partial charge on any atom is -0.464 e. The van der Waals surface area contributed by atoms with E-state index < -0.39 is 27.8 Å². The van der Waals surface area contributed by atoms with Gasteiger partial charge in [0.2, 0.25) is 0 Å². The van der Waals surface area contributed by atoms with Gasteiger partial charge in [0.05, 0.1) is 18.0 Å². The zero-order valence-corrected chi connectivity index (χ0v) is 15.4. The molecule has 0 spiro atoms. The molecule has 3 rings (SSSR count). The van der Waals surface area contributed by atoms with Gasteiger partial charge in [-0.05, 0) is 36.2 Å². The first-order chi connectivity index (χ1) is 12.8. The molecule has 0 aliphatic carbocycles. The van der Waals surface area contributed by atoms with Crippen LogP contribution in [0.1, 0.15) is 22.8 Å². The molecule has 0 saturated carbocycles. The third-order valence-corrected chi connectivity index (χ3v) is 6.12. The number of hydrogen-bond donors (Lipinski definition) is 0. The Balaban J connectivity index is 1.57. The Kier molecular flexibility index (Phi) is 5.27. The molecule has 1 amide bonds. The fourth-order valence-electron chi connectivity index (χ4n) is 2.92. The van der Waals surface area contributed by atoms with Crippen molar-refractivity contribution in [3.63, 3.8) is 0 Å².